The molecule has 2 amide bonds. The zero-order valence-corrected chi connectivity index (χ0v) is 24.2. The van der Waals surface area contributed by atoms with Gasteiger partial charge in [0.2, 0.25) is 11.8 Å². The van der Waals surface area contributed by atoms with Crippen molar-refractivity contribution < 1.29 is 45.4 Å². The largest absolute Gasteiger partial charge is 0.497 e. The number of anilines is 1. The Morgan fingerprint density at radius 1 is 0.909 bits per heavy atom. The highest BCUT2D eigenvalue weighted by molar-refractivity contribution is 6.08. The number of hydrogen-bond acceptors (Lipinski definition) is 4. The van der Waals surface area contributed by atoms with E-state index < -0.39 is 53.9 Å². The molecule has 0 bridgehead atoms. The number of halogens is 6. The van der Waals surface area contributed by atoms with Gasteiger partial charge in [0.1, 0.15) is 17.4 Å². The topological polar surface area (TPSA) is 76.7 Å². The average molecular weight is 623 g/mol. The van der Waals surface area contributed by atoms with Crippen LogP contribution in [0.2, 0.25) is 0 Å². The summed E-state index contributed by atoms with van der Waals surface area (Å²) in [5.74, 6) is -2.84. The van der Waals surface area contributed by atoms with Crippen LogP contribution in [-0.2, 0) is 20.5 Å². The number of nitrogens with one attached hydrogen (secondary N) is 2. The minimum absolute atomic E-state index is 0.0772. The number of methoxy groups -OCH3 is 1. The van der Waals surface area contributed by atoms with Crippen LogP contribution in [0.15, 0.2) is 72.8 Å². The van der Waals surface area contributed by atoms with E-state index in [4.69, 9.17) is 9.47 Å². The normalized spacial score (nSPS) is 22.2. The van der Waals surface area contributed by atoms with Gasteiger partial charge in [-0.1, -0.05) is 48.9 Å². The lowest BCUT2D eigenvalue weighted by Crippen LogP contribution is -2.68. The molecule has 0 radical (unpaired) electrons. The second kappa shape index (κ2) is 12.4. The van der Waals surface area contributed by atoms with Crippen LogP contribution in [-0.4, -0.2) is 37.9 Å². The molecule has 1 saturated heterocycles. The first-order chi connectivity index (χ1) is 20.6. The number of carbonyl (C=O) groups is 2. The first-order valence-electron chi connectivity index (χ1n) is 13.8. The van der Waals surface area contributed by atoms with Crippen molar-refractivity contribution in [2.24, 2.45) is 5.92 Å². The van der Waals surface area contributed by atoms with Crippen LogP contribution >= 0.6 is 0 Å². The highest BCUT2D eigenvalue weighted by atomic mass is 19.4. The van der Waals surface area contributed by atoms with Gasteiger partial charge in [-0.05, 0) is 67.3 Å². The van der Waals surface area contributed by atoms with Gasteiger partial charge in [-0.15, -0.1) is 0 Å². The number of benzene rings is 3. The summed E-state index contributed by atoms with van der Waals surface area (Å²) in [4.78, 5) is 27.4. The number of hydrogen-bond donors (Lipinski definition) is 2. The molecule has 6 nitrogen and oxygen atoms in total. The van der Waals surface area contributed by atoms with Gasteiger partial charge in [0.25, 0.3) is 0 Å². The molecule has 0 aromatic heterocycles. The van der Waals surface area contributed by atoms with Crippen molar-refractivity contribution in [3.05, 3.63) is 89.5 Å². The molecule has 44 heavy (non-hydrogen) atoms. The predicted octanol–water partition coefficient (Wildman–Crippen LogP) is 7.22. The fourth-order valence-corrected chi connectivity index (χ4v) is 5.58. The van der Waals surface area contributed by atoms with E-state index in [1.807, 2.05) is 0 Å². The summed E-state index contributed by atoms with van der Waals surface area (Å²) < 4.78 is 93.0. The van der Waals surface area contributed by atoms with Crippen LogP contribution in [0.5, 0.6) is 11.5 Å². The average Bonchev–Trinajstić information content (AvgIpc) is 2.95. The molecule has 1 fully saturated rings. The maximum atomic E-state index is 15.1. The monoisotopic (exact) mass is 622 g/mol. The summed E-state index contributed by atoms with van der Waals surface area (Å²) in [5, 5.41) is 4.79. The Morgan fingerprint density at radius 3 is 2.02 bits per heavy atom. The Labute approximate surface area is 250 Å². The molecule has 4 rings (SSSR count). The fourth-order valence-electron chi connectivity index (χ4n) is 5.58. The Bertz CT molecular complexity index is 1460. The van der Waals surface area contributed by atoms with E-state index in [2.05, 4.69) is 10.6 Å². The third kappa shape index (κ3) is 6.95. The maximum absolute atomic E-state index is 15.1. The van der Waals surface area contributed by atoms with Crippen molar-refractivity contribution in [3.8, 4) is 11.5 Å². The Balaban J connectivity index is 1.70. The van der Waals surface area contributed by atoms with Gasteiger partial charge in [0, 0.05) is 17.5 Å². The number of aryl methyl sites for hydroxylation is 1. The first kappa shape index (κ1) is 32.7. The van der Waals surface area contributed by atoms with Crippen LogP contribution in [0.1, 0.15) is 42.9 Å². The van der Waals surface area contributed by atoms with Gasteiger partial charge in [0.15, 0.2) is 5.54 Å². The third-order valence-electron chi connectivity index (χ3n) is 7.90. The number of amides is 2. The number of alkyl halides is 6. The molecular formula is C32H32F6N2O4. The second-order valence-corrected chi connectivity index (χ2v) is 11.1. The van der Waals surface area contributed by atoms with Gasteiger partial charge < -0.3 is 20.1 Å². The van der Waals surface area contributed by atoms with Crippen molar-refractivity contribution in [1.29, 1.82) is 0 Å². The summed E-state index contributed by atoms with van der Waals surface area (Å²) in [5.41, 5.74) is -3.30. The fraction of sp³-hybridized carbons (Fsp3) is 0.375. The molecule has 236 valence electrons. The van der Waals surface area contributed by atoms with Crippen LogP contribution < -0.4 is 20.1 Å². The van der Waals surface area contributed by atoms with Crippen LogP contribution in [0.3, 0.4) is 0 Å². The lowest BCUT2D eigenvalue weighted by molar-refractivity contribution is -0.217. The summed E-state index contributed by atoms with van der Waals surface area (Å²) in [6.45, 7) is 2.99. The molecule has 3 aromatic rings. The number of carbonyl (C=O) groups excluding carboxylic acids is 2. The van der Waals surface area contributed by atoms with Crippen LogP contribution in [0.25, 0.3) is 0 Å². The summed E-state index contributed by atoms with van der Waals surface area (Å²) >= 11 is 0. The SMILES string of the molecule is COc1ccc(NC(=O)C2C(=O)N[C@@](c3ccc(OCCCC(F)(F)F)cc3)(C(F)(F)F)CC2(C)c2ccc(C)cc2)cc1. The molecule has 0 spiro atoms. The van der Waals surface area contributed by atoms with Gasteiger partial charge in [-0.25, -0.2) is 0 Å². The van der Waals surface area contributed by atoms with Crippen molar-refractivity contribution >= 4 is 17.5 Å². The lowest BCUT2D eigenvalue weighted by Gasteiger charge is -2.51. The Morgan fingerprint density at radius 2 is 1.48 bits per heavy atom. The Kier molecular flexibility index (Phi) is 9.22. The molecular weight excluding hydrogens is 590 g/mol. The molecule has 2 unspecified atom stereocenters. The summed E-state index contributed by atoms with van der Waals surface area (Å²) in [6, 6.07) is 17.6. The molecule has 1 aliphatic heterocycles. The molecule has 12 heteroatoms. The minimum Gasteiger partial charge on any atom is -0.497 e. The summed E-state index contributed by atoms with van der Waals surface area (Å²) in [6.07, 6.45) is -11.4. The van der Waals surface area contributed by atoms with E-state index in [1.165, 1.54) is 26.2 Å². The van der Waals surface area contributed by atoms with E-state index in [1.54, 1.807) is 55.5 Å². The van der Waals surface area contributed by atoms with Gasteiger partial charge in [-0.3, -0.25) is 9.59 Å². The van der Waals surface area contributed by atoms with E-state index in [0.717, 1.165) is 17.7 Å². The van der Waals surface area contributed by atoms with Crippen molar-refractivity contribution in [3.63, 3.8) is 0 Å². The predicted molar refractivity (Wildman–Crippen MR) is 151 cm³/mol. The van der Waals surface area contributed by atoms with Crippen molar-refractivity contribution in [2.75, 3.05) is 19.0 Å². The Hall–Kier alpha value is -4.22. The first-order valence-corrected chi connectivity index (χ1v) is 13.8. The highest BCUT2D eigenvalue weighted by Crippen LogP contribution is 2.53. The number of piperidine rings is 1. The van der Waals surface area contributed by atoms with Gasteiger partial charge >= 0.3 is 12.4 Å². The third-order valence-corrected chi connectivity index (χ3v) is 7.90. The van der Waals surface area contributed by atoms with E-state index >= 15 is 13.2 Å². The number of ether oxygens (including phenoxy) is 2. The van der Waals surface area contributed by atoms with E-state index in [0.29, 0.717) is 17.0 Å². The smallest absolute Gasteiger partial charge is 0.415 e. The lowest BCUT2D eigenvalue weighted by atomic mass is 9.60. The summed E-state index contributed by atoms with van der Waals surface area (Å²) in [7, 11) is 1.47. The molecule has 1 heterocycles. The maximum Gasteiger partial charge on any atom is 0.415 e. The molecule has 2 N–H and O–H groups in total. The number of rotatable bonds is 9. The zero-order chi connectivity index (χ0) is 32.3. The second-order valence-electron chi connectivity index (χ2n) is 11.1. The van der Waals surface area contributed by atoms with Crippen molar-refractivity contribution in [1.82, 2.24) is 5.32 Å². The van der Waals surface area contributed by atoms with E-state index in [-0.39, 0.29) is 24.3 Å². The molecule has 1 aliphatic rings. The van der Waals surface area contributed by atoms with Crippen molar-refractivity contribution in [2.45, 2.75) is 56.4 Å². The highest BCUT2D eigenvalue weighted by Gasteiger charge is 2.66. The van der Waals surface area contributed by atoms with Gasteiger partial charge in [-0.2, -0.15) is 26.3 Å². The van der Waals surface area contributed by atoms with E-state index in [9.17, 15) is 22.8 Å². The van der Waals surface area contributed by atoms with Gasteiger partial charge in [0.05, 0.1) is 13.7 Å². The molecule has 3 aromatic carbocycles. The minimum atomic E-state index is -5.00. The molecule has 3 atom stereocenters. The molecule has 0 aliphatic carbocycles. The van der Waals surface area contributed by atoms with Crippen LogP contribution in [0, 0.1) is 12.8 Å². The standard InChI is InChI=1S/C32H32F6N2O4/c1-20-5-7-21(8-6-20)29(2)19-30(32(36,37)38,22-9-13-25(14-10-22)44-18-4-17-31(33,34)35)40-28(42)26(29)27(41)39-23-11-15-24(43-3)16-12-23/h5-16,26H,4,17-19H2,1-3H3,(H,39,41)(H,40,42)/t26?,29?,30-/m0/s1. The zero-order valence-electron chi connectivity index (χ0n) is 24.2. The molecule has 0 saturated carbocycles. The quantitative estimate of drug-likeness (QED) is 0.150. The van der Waals surface area contributed by atoms with Crippen LogP contribution in [0.4, 0.5) is 32.0 Å².